The molecule has 3 aromatic rings. The Balaban J connectivity index is 0.000000615. The van der Waals surface area contributed by atoms with Crippen LogP contribution in [-0.2, 0) is 11.2 Å². The molecule has 1 amide bonds. The maximum Gasteiger partial charge on any atom is 0.227 e. The number of para-hydroxylation sites is 1. The van der Waals surface area contributed by atoms with E-state index in [1.165, 1.54) is 37.6 Å². The molecule has 0 aliphatic carbocycles. The minimum absolute atomic E-state index is 0.00223. The van der Waals surface area contributed by atoms with Crippen molar-refractivity contribution >= 4 is 45.4 Å². The number of piperazine rings is 1. The summed E-state index contributed by atoms with van der Waals surface area (Å²) in [7, 11) is 0. The average molecular weight is 643 g/mol. The number of hydrogen-bond donors (Lipinski definition) is 4. The molecular weight excluding hydrogens is 590 g/mol. The molecule has 7 nitrogen and oxygen atoms in total. The van der Waals surface area contributed by atoms with E-state index in [1.807, 2.05) is 44.3 Å². The summed E-state index contributed by atoms with van der Waals surface area (Å²) in [6.07, 6.45) is 7.60. The van der Waals surface area contributed by atoms with E-state index in [9.17, 15) is 13.6 Å². The van der Waals surface area contributed by atoms with Crippen molar-refractivity contribution in [2.75, 3.05) is 42.9 Å². The summed E-state index contributed by atoms with van der Waals surface area (Å²) < 4.78 is 29.7. The van der Waals surface area contributed by atoms with Crippen molar-refractivity contribution in [1.29, 1.82) is 0 Å². The summed E-state index contributed by atoms with van der Waals surface area (Å²) in [4.78, 5) is 20.0. The highest BCUT2D eigenvalue weighted by Crippen LogP contribution is 2.29. The van der Waals surface area contributed by atoms with E-state index in [0.29, 0.717) is 48.8 Å². The van der Waals surface area contributed by atoms with Crippen molar-refractivity contribution in [2.45, 2.75) is 74.1 Å². The van der Waals surface area contributed by atoms with Gasteiger partial charge < -0.3 is 31.2 Å². The molecule has 5 N–H and O–H groups in total. The molecule has 2 heterocycles. The van der Waals surface area contributed by atoms with Gasteiger partial charge >= 0.3 is 0 Å². The Kier molecular flexibility index (Phi) is 15.3. The summed E-state index contributed by atoms with van der Waals surface area (Å²) in [6, 6.07) is 10.3. The standard InChI is InChI=1S/C25H28F2N6OS.C8H18.C2H6/c1-16(35)29-14-18(28)15-30-19-11-21(26)25(22(27)12-19)33-8-6-32(7-9-33)24(34)10-17-13-31-23-5-3-2-4-20(17)23;1-5-7-8(3,4)6-2;1-2/h2-5,11-13,15,30-31H,6-10,14,28H2,1H3,(H,29,35);5-7H2,1-4H3;1-2H3/b18-15-;;. The van der Waals surface area contributed by atoms with Crippen LogP contribution in [0.25, 0.3) is 10.9 Å². The molecule has 0 atom stereocenters. The molecule has 0 radical (unpaired) electrons. The molecule has 1 saturated heterocycles. The first-order valence-corrected chi connectivity index (χ1v) is 16.4. The fourth-order valence-electron chi connectivity index (χ4n) is 4.99. The number of aromatic nitrogens is 1. The number of aromatic amines is 1. The van der Waals surface area contributed by atoms with Gasteiger partial charge in [0.15, 0.2) is 11.6 Å². The third-order valence-electron chi connectivity index (χ3n) is 7.83. The lowest BCUT2D eigenvalue weighted by atomic mass is 9.86. The topological polar surface area (TPSA) is 89.4 Å². The van der Waals surface area contributed by atoms with E-state index in [2.05, 4.69) is 43.3 Å². The Hall–Kier alpha value is -3.66. The lowest BCUT2D eigenvalue weighted by Gasteiger charge is -2.36. The molecule has 2 aromatic carbocycles. The van der Waals surface area contributed by atoms with Gasteiger partial charge in [-0.3, -0.25) is 4.79 Å². The van der Waals surface area contributed by atoms with E-state index < -0.39 is 11.6 Å². The van der Waals surface area contributed by atoms with Crippen LogP contribution < -0.4 is 21.3 Å². The number of rotatable bonds is 10. The summed E-state index contributed by atoms with van der Waals surface area (Å²) >= 11 is 4.92. The third kappa shape index (κ3) is 11.7. The Morgan fingerprint density at radius 2 is 1.71 bits per heavy atom. The Bertz CT molecular complexity index is 1390. The first-order valence-electron chi connectivity index (χ1n) is 16.0. The number of anilines is 2. The highest BCUT2D eigenvalue weighted by molar-refractivity contribution is 7.80. The molecule has 10 heteroatoms. The molecule has 1 aromatic heterocycles. The van der Waals surface area contributed by atoms with Gasteiger partial charge in [0.05, 0.1) is 18.0 Å². The predicted molar refractivity (Wildman–Crippen MR) is 190 cm³/mol. The Labute approximate surface area is 273 Å². The van der Waals surface area contributed by atoms with Crippen molar-refractivity contribution in [2.24, 2.45) is 11.1 Å². The number of benzene rings is 2. The molecule has 0 bridgehead atoms. The maximum absolute atomic E-state index is 14.8. The van der Waals surface area contributed by atoms with Gasteiger partial charge in [-0.05, 0) is 42.5 Å². The highest BCUT2D eigenvalue weighted by atomic mass is 32.1. The number of nitrogens with two attached hydrogens (primary N) is 1. The average Bonchev–Trinajstić information content (AvgIpc) is 3.43. The normalized spacial score (nSPS) is 13.4. The molecule has 1 fully saturated rings. The second kappa shape index (κ2) is 18.3. The second-order valence-corrected chi connectivity index (χ2v) is 12.3. The van der Waals surface area contributed by atoms with Crippen LogP contribution in [0, 0.1) is 17.0 Å². The van der Waals surface area contributed by atoms with Crippen molar-refractivity contribution in [3.63, 3.8) is 0 Å². The molecule has 1 aliphatic rings. The van der Waals surface area contributed by atoms with Crippen LogP contribution in [0.3, 0.4) is 0 Å². The fraction of sp³-hybridized carbons (Fsp3) is 0.486. The molecule has 0 saturated carbocycles. The smallest absolute Gasteiger partial charge is 0.227 e. The monoisotopic (exact) mass is 642 g/mol. The first-order chi connectivity index (χ1) is 21.4. The molecule has 4 rings (SSSR count). The zero-order chi connectivity index (χ0) is 33.6. The van der Waals surface area contributed by atoms with Crippen LogP contribution in [0.4, 0.5) is 20.2 Å². The number of nitrogens with one attached hydrogen (secondary N) is 3. The van der Waals surface area contributed by atoms with E-state index in [4.69, 9.17) is 18.0 Å². The van der Waals surface area contributed by atoms with Gasteiger partial charge in [-0.25, -0.2) is 8.78 Å². The van der Waals surface area contributed by atoms with Crippen molar-refractivity contribution in [3.8, 4) is 0 Å². The van der Waals surface area contributed by atoms with Crippen LogP contribution >= 0.6 is 12.2 Å². The number of nitrogens with zero attached hydrogens (tertiary/aromatic N) is 2. The Morgan fingerprint density at radius 1 is 1.09 bits per heavy atom. The van der Waals surface area contributed by atoms with Gasteiger partial charge in [-0.15, -0.1) is 0 Å². The lowest BCUT2D eigenvalue weighted by molar-refractivity contribution is -0.130. The lowest BCUT2D eigenvalue weighted by Crippen LogP contribution is -2.49. The van der Waals surface area contributed by atoms with Crippen molar-refractivity contribution < 1.29 is 13.6 Å². The molecule has 45 heavy (non-hydrogen) atoms. The maximum atomic E-state index is 14.8. The van der Waals surface area contributed by atoms with Crippen LogP contribution in [-0.4, -0.2) is 53.5 Å². The molecule has 248 valence electrons. The predicted octanol–water partition coefficient (Wildman–Crippen LogP) is 7.74. The van der Waals surface area contributed by atoms with Crippen LogP contribution in [0.1, 0.15) is 73.3 Å². The third-order valence-corrected chi connectivity index (χ3v) is 7.98. The number of thiocarbonyl (C=S) groups is 1. The minimum atomic E-state index is -0.675. The van der Waals surface area contributed by atoms with Gasteiger partial charge in [-0.1, -0.05) is 84.8 Å². The van der Waals surface area contributed by atoms with E-state index >= 15 is 0 Å². The molecular formula is C35H52F2N6OS. The summed E-state index contributed by atoms with van der Waals surface area (Å²) in [5.74, 6) is -1.35. The number of carbonyl (C=O) groups is 1. The van der Waals surface area contributed by atoms with Crippen LogP contribution in [0.2, 0.25) is 0 Å². The molecule has 0 unspecified atom stereocenters. The number of H-pyrrole nitrogens is 1. The zero-order valence-electron chi connectivity index (χ0n) is 28.0. The summed E-state index contributed by atoms with van der Waals surface area (Å²) in [5.41, 5.74) is 8.97. The fourth-order valence-corrected chi connectivity index (χ4v) is 5.06. The minimum Gasteiger partial charge on any atom is -0.399 e. The SMILES string of the molecule is CC.CC(=S)NC/C(N)=C/Nc1cc(F)c(N2CCN(C(=O)Cc3c[nH]c4ccccc34)CC2)c(F)c1.CCCC(C)(C)CC. The van der Waals surface area contributed by atoms with E-state index in [0.717, 1.165) is 16.5 Å². The zero-order valence-corrected chi connectivity index (χ0v) is 28.8. The number of halogens is 2. The van der Waals surface area contributed by atoms with E-state index in [1.54, 1.807) is 16.7 Å². The number of fused-ring (bicyclic) bond motifs is 1. The summed E-state index contributed by atoms with van der Waals surface area (Å²) in [5, 5.41) is 6.74. The van der Waals surface area contributed by atoms with Gasteiger partial charge in [0.2, 0.25) is 5.91 Å². The van der Waals surface area contributed by atoms with Gasteiger partial charge in [0.1, 0.15) is 5.69 Å². The molecule has 1 aliphatic heterocycles. The second-order valence-electron chi connectivity index (χ2n) is 11.7. The number of amides is 1. The summed E-state index contributed by atoms with van der Waals surface area (Å²) in [6.45, 7) is 16.7. The van der Waals surface area contributed by atoms with Crippen molar-refractivity contribution in [3.05, 3.63) is 71.7 Å². The van der Waals surface area contributed by atoms with Gasteiger partial charge in [0.25, 0.3) is 0 Å². The van der Waals surface area contributed by atoms with Crippen molar-refractivity contribution in [1.82, 2.24) is 15.2 Å². The Morgan fingerprint density at radius 3 is 2.27 bits per heavy atom. The largest absolute Gasteiger partial charge is 0.399 e. The first kappa shape index (κ1) is 37.5. The van der Waals surface area contributed by atoms with Crippen LogP contribution in [0.5, 0.6) is 0 Å². The number of hydrogen-bond acceptors (Lipinski definition) is 5. The number of carbonyl (C=O) groups excluding carboxylic acids is 1. The van der Waals surface area contributed by atoms with E-state index in [-0.39, 0.29) is 23.7 Å². The molecule has 0 spiro atoms. The van der Waals surface area contributed by atoms with Gasteiger partial charge in [-0.2, -0.15) is 0 Å². The van der Waals surface area contributed by atoms with Gasteiger partial charge in [0, 0.05) is 60.9 Å². The van der Waals surface area contributed by atoms with Crippen LogP contribution in [0.15, 0.2) is 54.5 Å². The highest BCUT2D eigenvalue weighted by Gasteiger charge is 2.26. The quantitative estimate of drug-likeness (QED) is 0.169.